The van der Waals surface area contributed by atoms with E-state index in [-0.39, 0.29) is 23.0 Å². The van der Waals surface area contributed by atoms with Crippen molar-refractivity contribution in [2.45, 2.75) is 26.7 Å². The summed E-state index contributed by atoms with van der Waals surface area (Å²) in [6.45, 7) is 3.79. The van der Waals surface area contributed by atoms with Crippen molar-refractivity contribution in [1.82, 2.24) is 0 Å². The molecule has 2 aliphatic carbocycles. The number of allylic oxidation sites excluding steroid dienone is 2. The second kappa shape index (κ2) is 3.86. The Morgan fingerprint density at radius 1 is 1.29 bits per heavy atom. The van der Waals surface area contributed by atoms with Crippen molar-refractivity contribution in [2.24, 2.45) is 23.2 Å². The van der Waals surface area contributed by atoms with E-state index in [1.165, 1.54) is 13.2 Å². The number of hydrogen-bond acceptors (Lipinski definition) is 3. The second-order valence-corrected chi connectivity index (χ2v) is 5.54. The van der Waals surface area contributed by atoms with Gasteiger partial charge in [0, 0.05) is 17.9 Å². The minimum atomic E-state index is -0.818. The Morgan fingerprint density at radius 2 is 1.88 bits per heavy atom. The lowest BCUT2D eigenvalue weighted by atomic mass is 10.1. The van der Waals surface area contributed by atoms with Gasteiger partial charge in [-0.05, 0) is 18.3 Å². The van der Waals surface area contributed by atoms with E-state index in [1.54, 1.807) is 0 Å². The fourth-order valence-electron chi connectivity index (χ4n) is 2.53. The van der Waals surface area contributed by atoms with Crippen LogP contribution >= 0.6 is 0 Å². The largest absolute Gasteiger partial charge is 0.501 e. The van der Waals surface area contributed by atoms with Gasteiger partial charge in [-0.2, -0.15) is 0 Å². The first kappa shape index (κ1) is 12.1. The highest BCUT2D eigenvalue weighted by molar-refractivity contribution is 5.94. The van der Waals surface area contributed by atoms with E-state index in [4.69, 9.17) is 9.84 Å². The molecule has 4 nitrogen and oxygen atoms in total. The number of methoxy groups -OCH3 is 1. The molecular formula is C13H18O4. The Labute approximate surface area is 101 Å². The summed E-state index contributed by atoms with van der Waals surface area (Å²) in [7, 11) is 1.50. The average molecular weight is 238 g/mol. The van der Waals surface area contributed by atoms with Crippen LogP contribution in [0.25, 0.3) is 0 Å². The van der Waals surface area contributed by atoms with Gasteiger partial charge in [0.25, 0.3) is 0 Å². The molecule has 17 heavy (non-hydrogen) atoms. The van der Waals surface area contributed by atoms with Gasteiger partial charge in [-0.3, -0.25) is 9.59 Å². The Bertz CT molecular complexity index is 390. The SMILES string of the molecule is COC(=CC(=O)C1CC1)C1C(C(=O)O)C1(C)C. The normalized spacial score (nSPS) is 30.9. The number of carboxylic acids is 1. The van der Waals surface area contributed by atoms with Crippen LogP contribution in [0.4, 0.5) is 0 Å². The van der Waals surface area contributed by atoms with Crippen molar-refractivity contribution in [3.05, 3.63) is 11.8 Å². The van der Waals surface area contributed by atoms with E-state index >= 15 is 0 Å². The highest BCUT2D eigenvalue weighted by Gasteiger charge is 2.64. The standard InChI is InChI=1S/C13H18O4/c1-13(2)10(11(13)12(15)16)9(17-3)6-8(14)7-4-5-7/h6-7,10-11H,4-5H2,1-3H3,(H,15,16). The number of aliphatic carboxylic acids is 1. The highest BCUT2D eigenvalue weighted by Crippen LogP contribution is 2.61. The smallest absolute Gasteiger partial charge is 0.307 e. The number of ether oxygens (including phenoxy) is 1. The average Bonchev–Trinajstić information content (AvgIpc) is 3.09. The quantitative estimate of drug-likeness (QED) is 0.586. The number of carbonyl (C=O) groups excluding carboxylic acids is 1. The summed E-state index contributed by atoms with van der Waals surface area (Å²) in [6, 6.07) is 0. The van der Waals surface area contributed by atoms with Gasteiger partial charge in [0.15, 0.2) is 5.78 Å². The minimum absolute atomic E-state index is 0.0775. The molecule has 0 aromatic heterocycles. The molecule has 2 aliphatic rings. The molecule has 2 rings (SSSR count). The van der Waals surface area contributed by atoms with E-state index in [9.17, 15) is 9.59 Å². The van der Waals surface area contributed by atoms with Crippen LogP contribution in [0, 0.1) is 23.2 Å². The molecular weight excluding hydrogens is 220 g/mol. The summed E-state index contributed by atoms with van der Waals surface area (Å²) >= 11 is 0. The molecule has 1 N–H and O–H groups in total. The Morgan fingerprint density at radius 3 is 2.24 bits per heavy atom. The topological polar surface area (TPSA) is 63.6 Å². The molecule has 2 atom stereocenters. The summed E-state index contributed by atoms with van der Waals surface area (Å²) in [4.78, 5) is 22.8. The fourth-order valence-corrected chi connectivity index (χ4v) is 2.53. The number of carboxylic acid groups (broad SMARTS) is 1. The predicted molar refractivity (Wildman–Crippen MR) is 61.2 cm³/mol. The van der Waals surface area contributed by atoms with Crippen LogP contribution in [0.1, 0.15) is 26.7 Å². The summed E-state index contributed by atoms with van der Waals surface area (Å²) in [5.41, 5.74) is -0.322. The zero-order valence-electron chi connectivity index (χ0n) is 10.4. The van der Waals surface area contributed by atoms with Gasteiger partial charge >= 0.3 is 5.97 Å². The lowest BCUT2D eigenvalue weighted by Gasteiger charge is -2.06. The van der Waals surface area contributed by atoms with Crippen molar-refractivity contribution in [2.75, 3.05) is 7.11 Å². The number of ketones is 1. The molecule has 2 unspecified atom stereocenters. The Balaban J connectivity index is 2.14. The molecule has 0 aromatic carbocycles. The zero-order chi connectivity index (χ0) is 12.8. The molecule has 2 saturated carbocycles. The Kier molecular flexibility index (Phi) is 2.76. The molecule has 4 heteroatoms. The van der Waals surface area contributed by atoms with Gasteiger partial charge in [-0.1, -0.05) is 13.8 Å². The summed E-state index contributed by atoms with van der Waals surface area (Å²) in [6.07, 6.45) is 3.40. The molecule has 0 saturated heterocycles. The third-order valence-electron chi connectivity index (χ3n) is 3.90. The van der Waals surface area contributed by atoms with Gasteiger partial charge < -0.3 is 9.84 Å². The van der Waals surface area contributed by atoms with Gasteiger partial charge in [0.2, 0.25) is 0 Å². The van der Waals surface area contributed by atoms with Crippen LogP contribution in [0.3, 0.4) is 0 Å². The van der Waals surface area contributed by atoms with Crippen molar-refractivity contribution < 1.29 is 19.4 Å². The van der Waals surface area contributed by atoms with Gasteiger partial charge in [-0.15, -0.1) is 0 Å². The van der Waals surface area contributed by atoms with Crippen molar-refractivity contribution in [3.63, 3.8) is 0 Å². The molecule has 0 heterocycles. The lowest BCUT2D eigenvalue weighted by molar-refractivity contribution is -0.139. The van der Waals surface area contributed by atoms with Crippen LogP contribution in [0.2, 0.25) is 0 Å². The lowest BCUT2D eigenvalue weighted by Crippen LogP contribution is -2.05. The second-order valence-electron chi connectivity index (χ2n) is 5.54. The summed E-state index contributed by atoms with van der Waals surface area (Å²) < 4.78 is 5.22. The van der Waals surface area contributed by atoms with E-state index < -0.39 is 11.9 Å². The van der Waals surface area contributed by atoms with Gasteiger partial charge in [0.1, 0.15) is 5.76 Å². The van der Waals surface area contributed by atoms with Crippen LogP contribution in [0.5, 0.6) is 0 Å². The van der Waals surface area contributed by atoms with Crippen LogP contribution in [0.15, 0.2) is 11.8 Å². The highest BCUT2D eigenvalue weighted by atomic mass is 16.5. The first-order valence-electron chi connectivity index (χ1n) is 5.91. The van der Waals surface area contributed by atoms with E-state index in [0.29, 0.717) is 5.76 Å². The summed E-state index contributed by atoms with van der Waals surface area (Å²) in [5, 5.41) is 9.09. The number of hydrogen-bond donors (Lipinski definition) is 1. The van der Waals surface area contributed by atoms with E-state index in [0.717, 1.165) is 12.8 Å². The van der Waals surface area contributed by atoms with Gasteiger partial charge in [0.05, 0.1) is 13.0 Å². The fraction of sp³-hybridized carbons (Fsp3) is 0.692. The van der Waals surface area contributed by atoms with Crippen molar-refractivity contribution in [3.8, 4) is 0 Å². The number of carbonyl (C=O) groups is 2. The Hall–Kier alpha value is -1.32. The van der Waals surface area contributed by atoms with Crippen molar-refractivity contribution >= 4 is 11.8 Å². The maximum atomic E-state index is 11.7. The van der Waals surface area contributed by atoms with Crippen LogP contribution in [-0.2, 0) is 14.3 Å². The first-order valence-corrected chi connectivity index (χ1v) is 5.91. The molecule has 0 aromatic rings. The van der Waals surface area contributed by atoms with E-state index in [1.807, 2.05) is 13.8 Å². The maximum Gasteiger partial charge on any atom is 0.307 e. The molecule has 0 aliphatic heterocycles. The van der Waals surface area contributed by atoms with Crippen LogP contribution in [-0.4, -0.2) is 24.0 Å². The minimum Gasteiger partial charge on any atom is -0.501 e. The third kappa shape index (κ3) is 2.08. The van der Waals surface area contributed by atoms with Crippen LogP contribution < -0.4 is 0 Å². The molecule has 0 amide bonds. The zero-order valence-corrected chi connectivity index (χ0v) is 10.4. The predicted octanol–water partition coefficient (Wildman–Crippen LogP) is 1.85. The molecule has 0 radical (unpaired) electrons. The molecule has 0 bridgehead atoms. The molecule has 94 valence electrons. The molecule has 2 fully saturated rings. The monoisotopic (exact) mass is 238 g/mol. The van der Waals surface area contributed by atoms with Crippen molar-refractivity contribution in [1.29, 1.82) is 0 Å². The molecule has 0 spiro atoms. The number of rotatable bonds is 5. The van der Waals surface area contributed by atoms with Gasteiger partial charge in [-0.25, -0.2) is 0 Å². The maximum absolute atomic E-state index is 11.7. The first-order chi connectivity index (χ1) is 7.89. The van der Waals surface area contributed by atoms with E-state index in [2.05, 4.69) is 0 Å². The third-order valence-corrected chi connectivity index (χ3v) is 3.90. The summed E-state index contributed by atoms with van der Waals surface area (Å²) in [5.74, 6) is -0.687.